The first-order valence-electron chi connectivity index (χ1n) is 4.93. The molecule has 2 nitrogen and oxygen atoms in total. The molecule has 0 fully saturated rings. The van der Waals surface area contributed by atoms with Gasteiger partial charge >= 0.3 is 0 Å². The van der Waals surface area contributed by atoms with E-state index >= 15 is 0 Å². The number of hydrogen-bond acceptors (Lipinski definition) is 1. The summed E-state index contributed by atoms with van der Waals surface area (Å²) in [5, 5.41) is 4.49. The summed E-state index contributed by atoms with van der Waals surface area (Å²) in [5.74, 6) is 0.957. The Kier molecular flexibility index (Phi) is 2.06. The van der Waals surface area contributed by atoms with Crippen LogP contribution in [-0.4, -0.2) is 5.84 Å². The molecule has 1 aliphatic rings. The Morgan fingerprint density at radius 3 is 2.29 bits per heavy atom. The zero-order valence-corrected chi connectivity index (χ0v) is 8.91. The van der Waals surface area contributed by atoms with Gasteiger partial charge in [-0.05, 0) is 17.5 Å². The first kappa shape index (κ1) is 9.25. The van der Waals surface area contributed by atoms with E-state index in [-0.39, 0.29) is 5.41 Å². The lowest BCUT2D eigenvalue weighted by Gasteiger charge is -2.16. The van der Waals surface area contributed by atoms with Gasteiger partial charge in [-0.1, -0.05) is 32.9 Å². The van der Waals surface area contributed by atoms with Gasteiger partial charge in [0.25, 0.3) is 0 Å². The highest BCUT2D eigenvalue weighted by Gasteiger charge is 2.20. The lowest BCUT2D eigenvalue weighted by molar-refractivity contribution is 0.431. The second-order valence-corrected chi connectivity index (χ2v) is 4.87. The fourth-order valence-corrected chi connectivity index (χ4v) is 1.51. The Bertz CT molecular complexity index is 372. The van der Waals surface area contributed by atoms with E-state index in [1.165, 1.54) is 0 Å². The van der Waals surface area contributed by atoms with Gasteiger partial charge < -0.3 is 0 Å². The van der Waals surface area contributed by atoms with Crippen LogP contribution in [0.25, 0.3) is 0 Å². The van der Waals surface area contributed by atoms with Crippen molar-refractivity contribution < 1.29 is 0 Å². The third-order valence-corrected chi connectivity index (χ3v) is 2.07. The van der Waals surface area contributed by atoms with E-state index in [9.17, 15) is 0 Å². The predicted octanol–water partition coefficient (Wildman–Crippen LogP) is 3.40. The van der Waals surface area contributed by atoms with Crippen molar-refractivity contribution in [2.75, 3.05) is 0 Å². The SMILES string of the molecule is CC(C)(C)CC1=Nc2ccccc2[N]1. The standard InChI is InChI=1S/C12H15N2/c1-12(2,3)8-11-13-9-6-4-5-7-10(9)14-11/h4-7H,8H2,1-3H3. The van der Waals surface area contributed by atoms with Crippen LogP contribution >= 0.6 is 0 Å². The molecule has 0 aliphatic carbocycles. The summed E-state index contributed by atoms with van der Waals surface area (Å²) in [6.45, 7) is 6.61. The molecule has 2 rings (SSSR count). The molecule has 0 aromatic heterocycles. The van der Waals surface area contributed by atoms with Crippen molar-refractivity contribution in [1.29, 1.82) is 0 Å². The minimum atomic E-state index is 0.254. The summed E-state index contributed by atoms with van der Waals surface area (Å²) in [6.07, 6.45) is 0.932. The Morgan fingerprint density at radius 2 is 1.71 bits per heavy atom. The van der Waals surface area contributed by atoms with Gasteiger partial charge in [0.2, 0.25) is 0 Å². The van der Waals surface area contributed by atoms with Crippen LogP contribution in [0.4, 0.5) is 11.4 Å². The van der Waals surface area contributed by atoms with E-state index in [4.69, 9.17) is 0 Å². The number of aliphatic imine (C=N–C) groups is 1. The molecule has 1 heterocycles. The largest absolute Gasteiger partial charge is 0.231 e. The van der Waals surface area contributed by atoms with Gasteiger partial charge in [-0.15, -0.1) is 0 Å². The van der Waals surface area contributed by atoms with Crippen molar-refractivity contribution in [3.63, 3.8) is 0 Å². The summed E-state index contributed by atoms with van der Waals surface area (Å²) >= 11 is 0. The average Bonchev–Trinajstić information content (AvgIpc) is 2.42. The number of rotatable bonds is 1. The van der Waals surface area contributed by atoms with Crippen LogP contribution in [0, 0.1) is 5.41 Å². The molecule has 1 aromatic rings. The molecule has 0 N–H and O–H groups in total. The van der Waals surface area contributed by atoms with Crippen LogP contribution in [0.15, 0.2) is 29.3 Å². The number of nitrogens with zero attached hydrogens (tertiary/aromatic N) is 2. The maximum absolute atomic E-state index is 4.49. The molecule has 1 radical (unpaired) electrons. The topological polar surface area (TPSA) is 26.5 Å². The fraction of sp³-hybridized carbons (Fsp3) is 0.417. The molecule has 1 aromatic carbocycles. The zero-order chi connectivity index (χ0) is 10.2. The molecule has 73 valence electrons. The van der Waals surface area contributed by atoms with Crippen LogP contribution in [0.1, 0.15) is 27.2 Å². The molecule has 2 heteroatoms. The van der Waals surface area contributed by atoms with E-state index in [1.807, 2.05) is 24.3 Å². The van der Waals surface area contributed by atoms with Crippen molar-refractivity contribution in [1.82, 2.24) is 5.32 Å². The summed E-state index contributed by atoms with van der Waals surface area (Å²) in [7, 11) is 0. The summed E-state index contributed by atoms with van der Waals surface area (Å²) < 4.78 is 0. The van der Waals surface area contributed by atoms with Gasteiger partial charge in [0.15, 0.2) is 0 Å². The lowest BCUT2D eigenvalue weighted by atomic mass is 9.92. The van der Waals surface area contributed by atoms with Crippen molar-refractivity contribution in [2.45, 2.75) is 27.2 Å². The van der Waals surface area contributed by atoms with Crippen LogP contribution in [0.5, 0.6) is 0 Å². The van der Waals surface area contributed by atoms with Crippen molar-refractivity contribution in [2.24, 2.45) is 10.4 Å². The summed E-state index contributed by atoms with van der Waals surface area (Å²) in [6, 6.07) is 8.01. The van der Waals surface area contributed by atoms with E-state index < -0.39 is 0 Å². The van der Waals surface area contributed by atoms with Crippen molar-refractivity contribution in [3.05, 3.63) is 24.3 Å². The highest BCUT2D eigenvalue weighted by molar-refractivity contribution is 5.96. The number of hydrogen-bond donors (Lipinski definition) is 0. The second-order valence-electron chi connectivity index (χ2n) is 4.87. The Hall–Kier alpha value is -1.31. The Balaban J connectivity index is 2.16. The molecule has 0 saturated heterocycles. The fourth-order valence-electron chi connectivity index (χ4n) is 1.51. The van der Waals surface area contributed by atoms with E-state index in [0.29, 0.717) is 0 Å². The van der Waals surface area contributed by atoms with E-state index in [0.717, 1.165) is 23.6 Å². The van der Waals surface area contributed by atoms with Crippen LogP contribution < -0.4 is 5.32 Å². The summed E-state index contributed by atoms with van der Waals surface area (Å²) in [4.78, 5) is 4.49. The summed E-state index contributed by atoms with van der Waals surface area (Å²) in [5.41, 5.74) is 2.27. The van der Waals surface area contributed by atoms with Gasteiger partial charge in [-0.3, -0.25) is 0 Å². The Labute approximate surface area is 85.1 Å². The van der Waals surface area contributed by atoms with Gasteiger partial charge in [0.05, 0.1) is 11.4 Å². The molecule has 0 spiro atoms. The number of benzene rings is 1. The second kappa shape index (κ2) is 3.12. The zero-order valence-electron chi connectivity index (χ0n) is 8.91. The first-order chi connectivity index (χ1) is 6.54. The van der Waals surface area contributed by atoms with Crippen molar-refractivity contribution in [3.8, 4) is 0 Å². The molecule has 14 heavy (non-hydrogen) atoms. The van der Waals surface area contributed by atoms with Crippen LogP contribution in [-0.2, 0) is 0 Å². The van der Waals surface area contributed by atoms with Gasteiger partial charge in [-0.25, -0.2) is 10.3 Å². The molecule has 0 amide bonds. The number of amidine groups is 1. The normalized spacial score (nSPS) is 14.6. The third kappa shape index (κ3) is 1.95. The van der Waals surface area contributed by atoms with Gasteiger partial charge in [0.1, 0.15) is 5.84 Å². The monoisotopic (exact) mass is 187 g/mol. The Morgan fingerprint density at radius 1 is 1.07 bits per heavy atom. The molecule has 0 bridgehead atoms. The van der Waals surface area contributed by atoms with Crippen LogP contribution in [0.3, 0.4) is 0 Å². The quantitative estimate of drug-likeness (QED) is 0.644. The van der Waals surface area contributed by atoms with Crippen molar-refractivity contribution >= 4 is 17.2 Å². The maximum Gasteiger partial charge on any atom is 0.130 e. The first-order valence-corrected chi connectivity index (χ1v) is 4.93. The highest BCUT2D eigenvalue weighted by atomic mass is 15.1. The number of para-hydroxylation sites is 2. The van der Waals surface area contributed by atoms with Crippen LogP contribution in [0.2, 0.25) is 0 Å². The average molecular weight is 187 g/mol. The maximum atomic E-state index is 4.49. The number of fused-ring (bicyclic) bond motifs is 1. The predicted molar refractivity (Wildman–Crippen MR) is 59.4 cm³/mol. The van der Waals surface area contributed by atoms with E-state index in [1.54, 1.807) is 0 Å². The minimum absolute atomic E-state index is 0.254. The molecular formula is C12H15N2. The highest BCUT2D eigenvalue weighted by Crippen LogP contribution is 2.32. The molecule has 0 saturated carbocycles. The van der Waals surface area contributed by atoms with Gasteiger partial charge in [-0.2, -0.15) is 0 Å². The minimum Gasteiger partial charge on any atom is -0.231 e. The molecular weight excluding hydrogens is 172 g/mol. The third-order valence-electron chi connectivity index (χ3n) is 2.07. The smallest absolute Gasteiger partial charge is 0.130 e. The van der Waals surface area contributed by atoms with E-state index in [2.05, 4.69) is 31.1 Å². The molecule has 0 unspecified atom stereocenters. The molecule has 1 aliphatic heterocycles. The molecule has 0 atom stereocenters. The lowest BCUT2D eigenvalue weighted by Crippen LogP contribution is -2.16. The van der Waals surface area contributed by atoms with Gasteiger partial charge in [0, 0.05) is 6.42 Å².